The quantitative estimate of drug-likeness (QED) is 0.502. The zero-order valence-corrected chi connectivity index (χ0v) is 13.0. The van der Waals surface area contributed by atoms with Crippen molar-refractivity contribution >= 4 is 17.0 Å². The summed E-state index contributed by atoms with van der Waals surface area (Å²) in [6, 6.07) is 16.3. The Hall–Kier alpha value is -2.73. The highest BCUT2D eigenvalue weighted by Crippen LogP contribution is 2.21. The van der Waals surface area contributed by atoms with E-state index in [1.54, 1.807) is 23.5 Å². The molecular formula is C17H14N2O3S. The summed E-state index contributed by atoms with van der Waals surface area (Å²) in [6.45, 7) is 0.298. The number of nitro groups is 1. The fraction of sp³-hybridized carbons (Fsp3) is 0.118. The van der Waals surface area contributed by atoms with Gasteiger partial charge in [-0.05, 0) is 11.6 Å². The Kier molecular flexibility index (Phi) is 4.63. The second-order valence-electron chi connectivity index (χ2n) is 4.94. The smallest absolute Gasteiger partial charge is 0.273 e. The molecule has 23 heavy (non-hydrogen) atoms. The molecular weight excluding hydrogens is 312 g/mol. The molecule has 0 atom stereocenters. The van der Waals surface area contributed by atoms with Crippen LogP contribution in [0, 0.1) is 10.1 Å². The summed E-state index contributed by atoms with van der Waals surface area (Å²) in [5.41, 5.74) is 2.06. The third kappa shape index (κ3) is 4.14. The Labute approximate surface area is 137 Å². The molecule has 2 aromatic carbocycles. The summed E-state index contributed by atoms with van der Waals surface area (Å²) in [5.74, 6) is 0.469. The average molecular weight is 326 g/mol. The van der Waals surface area contributed by atoms with Crippen molar-refractivity contribution in [2.75, 3.05) is 0 Å². The van der Waals surface area contributed by atoms with E-state index in [1.165, 1.54) is 17.7 Å². The highest BCUT2D eigenvalue weighted by molar-refractivity contribution is 7.09. The Morgan fingerprint density at radius 1 is 1.13 bits per heavy atom. The van der Waals surface area contributed by atoms with E-state index < -0.39 is 4.92 Å². The van der Waals surface area contributed by atoms with Gasteiger partial charge in [-0.3, -0.25) is 10.1 Å². The van der Waals surface area contributed by atoms with Crippen molar-refractivity contribution in [1.82, 2.24) is 4.98 Å². The molecule has 5 nitrogen and oxygen atoms in total. The minimum absolute atomic E-state index is 0.0190. The predicted molar refractivity (Wildman–Crippen MR) is 88.8 cm³/mol. The Morgan fingerprint density at radius 3 is 2.74 bits per heavy atom. The molecule has 0 amide bonds. The summed E-state index contributed by atoms with van der Waals surface area (Å²) in [5, 5.41) is 13.7. The number of nitro benzene ring substituents is 1. The molecule has 116 valence electrons. The maximum absolute atomic E-state index is 10.7. The summed E-state index contributed by atoms with van der Waals surface area (Å²) >= 11 is 1.59. The van der Waals surface area contributed by atoms with Gasteiger partial charge in [0, 0.05) is 17.9 Å². The van der Waals surface area contributed by atoms with Crippen molar-refractivity contribution < 1.29 is 9.66 Å². The van der Waals surface area contributed by atoms with E-state index in [0.29, 0.717) is 12.4 Å². The molecule has 0 fully saturated rings. The number of rotatable bonds is 6. The van der Waals surface area contributed by atoms with Crippen molar-refractivity contribution in [1.29, 1.82) is 0 Å². The minimum Gasteiger partial charge on any atom is -0.487 e. The summed E-state index contributed by atoms with van der Waals surface area (Å²) in [4.78, 5) is 14.8. The summed E-state index contributed by atoms with van der Waals surface area (Å²) in [7, 11) is 0. The van der Waals surface area contributed by atoms with Crippen molar-refractivity contribution in [3.05, 3.63) is 86.4 Å². The summed E-state index contributed by atoms with van der Waals surface area (Å²) in [6.07, 6.45) is 0.794. The third-order valence-electron chi connectivity index (χ3n) is 3.21. The van der Waals surface area contributed by atoms with E-state index in [-0.39, 0.29) is 5.69 Å². The number of benzene rings is 2. The second kappa shape index (κ2) is 7.02. The number of ether oxygens (including phenoxy) is 1. The number of aromatic nitrogens is 1. The first kappa shape index (κ1) is 15.2. The van der Waals surface area contributed by atoms with E-state index in [9.17, 15) is 10.1 Å². The van der Waals surface area contributed by atoms with E-state index in [4.69, 9.17) is 4.74 Å². The van der Waals surface area contributed by atoms with Gasteiger partial charge in [0.25, 0.3) is 5.69 Å². The van der Waals surface area contributed by atoms with Crippen LogP contribution in [-0.2, 0) is 13.0 Å². The van der Waals surface area contributed by atoms with Gasteiger partial charge in [0.05, 0.1) is 21.7 Å². The number of hydrogen-bond donors (Lipinski definition) is 0. The van der Waals surface area contributed by atoms with Gasteiger partial charge in [0.1, 0.15) is 12.4 Å². The first-order valence-electron chi connectivity index (χ1n) is 7.05. The van der Waals surface area contributed by atoms with Crippen molar-refractivity contribution in [3.8, 4) is 5.75 Å². The maximum Gasteiger partial charge on any atom is 0.273 e. The standard InChI is InChI=1S/C17H14N2O3S/c20-19(21)15-7-4-8-16(10-15)22-11-14-12-23-17(18-14)9-13-5-2-1-3-6-13/h1-8,10,12H,9,11H2. The number of thiazole rings is 1. The molecule has 0 unspecified atom stereocenters. The first-order chi connectivity index (χ1) is 11.2. The molecule has 0 radical (unpaired) electrons. The molecule has 0 saturated carbocycles. The highest BCUT2D eigenvalue weighted by Gasteiger charge is 2.08. The van der Waals surface area contributed by atoms with Crippen LogP contribution in [0.3, 0.4) is 0 Å². The lowest BCUT2D eigenvalue weighted by atomic mass is 10.2. The van der Waals surface area contributed by atoms with Gasteiger partial charge >= 0.3 is 0 Å². The SMILES string of the molecule is O=[N+]([O-])c1cccc(OCc2csc(Cc3ccccc3)n2)c1. The molecule has 0 bridgehead atoms. The monoisotopic (exact) mass is 326 g/mol. The molecule has 3 aromatic rings. The highest BCUT2D eigenvalue weighted by atomic mass is 32.1. The molecule has 1 heterocycles. The number of non-ortho nitro benzene ring substituents is 1. The molecule has 0 saturated heterocycles. The minimum atomic E-state index is -0.437. The van der Waals surface area contributed by atoms with Crippen molar-refractivity contribution in [3.63, 3.8) is 0 Å². The van der Waals surface area contributed by atoms with Crippen LogP contribution in [-0.4, -0.2) is 9.91 Å². The van der Waals surface area contributed by atoms with Gasteiger partial charge in [0.2, 0.25) is 0 Å². The van der Waals surface area contributed by atoms with Gasteiger partial charge in [-0.2, -0.15) is 0 Å². The van der Waals surface area contributed by atoms with Crippen LogP contribution in [0.4, 0.5) is 5.69 Å². The van der Waals surface area contributed by atoms with E-state index in [2.05, 4.69) is 17.1 Å². The fourth-order valence-corrected chi connectivity index (χ4v) is 2.92. The third-order valence-corrected chi connectivity index (χ3v) is 4.11. The average Bonchev–Trinajstić information content (AvgIpc) is 3.01. The van der Waals surface area contributed by atoms with Gasteiger partial charge in [-0.1, -0.05) is 36.4 Å². The van der Waals surface area contributed by atoms with Crippen LogP contribution < -0.4 is 4.74 Å². The number of hydrogen-bond acceptors (Lipinski definition) is 5. The van der Waals surface area contributed by atoms with Crippen LogP contribution in [0.25, 0.3) is 0 Å². The molecule has 0 aliphatic rings. The normalized spacial score (nSPS) is 10.4. The lowest BCUT2D eigenvalue weighted by Gasteiger charge is -2.03. The summed E-state index contributed by atoms with van der Waals surface area (Å²) < 4.78 is 5.59. The lowest BCUT2D eigenvalue weighted by Crippen LogP contribution is -1.97. The molecule has 0 aliphatic heterocycles. The van der Waals surface area contributed by atoms with Gasteiger partial charge < -0.3 is 4.74 Å². The molecule has 0 N–H and O–H groups in total. The second-order valence-corrected chi connectivity index (χ2v) is 5.88. The van der Waals surface area contributed by atoms with E-state index >= 15 is 0 Å². The van der Waals surface area contributed by atoms with Crippen LogP contribution in [0.5, 0.6) is 5.75 Å². The zero-order chi connectivity index (χ0) is 16.1. The predicted octanol–water partition coefficient (Wildman–Crippen LogP) is 4.22. The van der Waals surface area contributed by atoms with E-state index in [0.717, 1.165) is 17.1 Å². The van der Waals surface area contributed by atoms with Crippen LogP contribution >= 0.6 is 11.3 Å². The van der Waals surface area contributed by atoms with Crippen molar-refractivity contribution in [2.45, 2.75) is 13.0 Å². The number of nitrogens with zero attached hydrogens (tertiary/aromatic N) is 2. The molecule has 3 rings (SSSR count). The van der Waals surface area contributed by atoms with Crippen LogP contribution in [0.15, 0.2) is 60.0 Å². The Morgan fingerprint density at radius 2 is 1.96 bits per heavy atom. The zero-order valence-electron chi connectivity index (χ0n) is 12.2. The Bertz CT molecular complexity index is 802. The molecule has 1 aromatic heterocycles. The van der Waals surface area contributed by atoms with Crippen LogP contribution in [0.2, 0.25) is 0 Å². The first-order valence-corrected chi connectivity index (χ1v) is 7.93. The molecule has 6 heteroatoms. The topological polar surface area (TPSA) is 65.3 Å². The lowest BCUT2D eigenvalue weighted by molar-refractivity contribution is -0.384. The Balaban J connectivity index is 1.61. The van der Waals surface area contributed by atoms with Gasteiger partial charge in [-0.25, -0.2) is 4.98 Å². The largest absolute Gasteiger partial charge is 0.487 e. The molecule has 0 aliphatic carbocycles. The molecule has 0 spiro atoms. The van der Waals surface area contributed by atoms with Crippen molar-refractivity contribution in [2.24, 2.45) is 0 Å². The van der Waals surface area contributed by atoms with Crippen LogP contribution in [0.1, 0.15) is 16.3 Å². The van der Waals surface area contributed by atoms with Gasteiger partial charge in [-0.15, -0.1) is 11.3 Å². The van der Waals surface area contributed by atoms with Gasteiger partial charge in [0.15, 0.2) is 0 Å². The maximum atomic E-state index is 10.7. The van der Waals surface area contributed by atoms with E-state index in [1.807, 2.05) is 23.6 Å². The fourth-order valence-electron chi connectivity index (χ4n) is 2.11.